The molecule has 0 aliphatic heterocycles. The van der Waals surface area contributed by atoms with Gasteiger partial charge in [0, 0.05) is 37.7 Å². The van der Waals surface area contributed by atoms with Crippen LogP contribution >= 0.6 is 0 Å². The summed E-state index contributed by atoms with van der Waals surface area (Å²) in [7, 11) is 0. The van der Waals surface area contributed by atoms with Crippen LogP contribution in [0.1, 0.15) is 0 Å². The molecule has 3 aromatic heterocycles. The molecule has 12 aromatic rings. The van der Waals surface area contributed by atoms with Crippen molar-refractivity contribution < 1.29 is 13.3 Å². The number of rotatable bonds is 2. The van der Waals surface area contributed by atoms with Crippen LogP contribution in [-0.2, 0) is 0 Å². The van der Waals surface area contributed by atoms with Crippen molar-refractivity contribution in [2.24, 2.45) is 0 Å². The lowest BCUT2D eigenvalue weighted by Gasteiger charge is -2.17. The first-order valence-corrected chi connectivity index (χ1v) is 17.3. The molecule has 0 unspecified atom stereocenters. The molecule has 12 rings (SSSR count). The molecule has 51 heavy (non-hydrogen) atoms. The van der Waals surface area contributed by atoms with E-state index in [1.54, 1.807) is 0 Å². The Labute approximate surface area is 290 Å². The van der Waals surface area contributed by atoms with Crippen LogP contribution in [0.3, 0.4) is 0 Å². The smallest absolute Gasteiger partial charge is 0.143 e. The number of para-hydroxylation sites is 2. The predicted molar refractivity (Wildman–Crippen MR) is 212 cm³/mol. The number of benzene rings is 9. The summed E-state index contributed by atoms with van der Waals surface area (Å²) in [5.74, 6) is 0. The summed E-state index contributed by atoms with van der Waals surface area (Å²) in [6, 6.07) is 56.0. The van der Waals surface area contributed by atoms with Gasteiger partial charge in [-0.05, 0) is 104 Å². The van der Waals surface area contributed by atoms with Gasteiger partial charge >= 0.3 is 0 Å². The Morgan fingerprint density at radius 2 is 0.706 bits per heavy atom. The van der Waals surface area contributed by atoms with Gasteiger partial charge in [-0.25, -0.2) is 0 Å². The quantitative estimate of drug-likeness (QED) is 0.175. The van der Waals surface area contributed by atoms with Crippen LogP contribution in [-0.4, -0.2) is 0 Å². The third kappa shape index (κ3) is 3.67. The highest BCUT2D eigenvalue weighted by atomic mass is 16.3. The van der Waals surface area contributed by atoms with E-state index in [1.165, 1.54) is 38.2 Å². The summed E-state index contributed by atoms with van der Waals surface area (Å²) in [5.41, 5.74) is 10.1. The number of hydrogen-bond donors (Lipinski definition) is 0. The summed E-state index contributed by atoms with van der Waals surface area (Å²) in [5, 5.41) is 13.8. The summed E-state index contributed by atoms with van der Waals surface area (Å²) < 4.78 is 19.2. The van der Waals surface area contributed by atoms with Crippen molar-refractivity contribution >= 4 is 98.1 Å². The van der Waals surface area contributed by atoms with Crippen molar-refractivity contribution in [1.29, 1.82) is 0 Å². The van der Waals surface area contributed by atoms with Crippen LogP contribution < -0.4 is 0 Å². The standard InChI is InChI=1S/C48H26O3/c1-3-13-33-31(11-1)45(27-18-23-42-39(25-27)30-10-6-7-15-40(30)49-42)32-12-2-4-14-34(32)46(33)28-17-19-38-44(26-28)50-43-24-22-37-35(47(38)43)20-21-36-29-9-5-8-16-41(29)51-48(36)37/h1-26H. The molecule has 0 N–H and O–H groups in total. The number of furan rings is 3. The van der Waals surface area contributed by atoms with E-state index in [2.05, 4.69) is 133 Å². The lowest BCUT2D eigenvalue weighted by molar-refractivity contribution is 0.668. The third-order valence-electron chi connectivity index (χ3n) is 10.9. The Kier molecular flexibility index (Phi) is 5.23. The van der Waals surface area contributed by atoms with Crippen molar-refractivity contribution in [3.8, 4) is 22.3 Å². The van der Waals surface area contributed by atoms with E-state index in [4.69, 9.17) is 13.3 Å². The van der Waals surface area contributed by atoms with Gasteiger partial charge in [0.05, 0.1) is 0 Å². The minimum Gasteiger partial charge on any atom is -0.456 e. The molecule has 0 atom stereocenters. The topological polar surface area (TPSA) is 39.4 Å². The van der Waals surface area contributed by atoms with Gasteiger partial charge in [-0.1, -0.05) is 103 Å². The molecule has 0 saturated carbocycles. The zero-order valence-corrected chi connectivity index (χ0v) is 27.2. The highest BCUT2D eigenvalue weighted by Gasteiger charge is 2.20. The second-order valence-electron chi connectivity index (χ2n) is 13.5. The fraction of sp³-hybridized carbons (Fsp3) is 0. The lowest BCUT2D eigenvalue weighted by Crippen LogP contribution is -1.90. The lowest BCUT2D eigenvalue weighted by atomic mass is 9.85. The van der Waals surface area contributed by atoms with Crippen molar-refractivity contribution in [2.75, 3.05) is 0 Å². The first-order chi connectivity index (χ1) is 25.3. The summed E-state index contributed by atoms with van der Waals surface area (Å²) in [4.78, 5) is 0. The van der Waals surface area contributed by atoms with E-state index in [-0.39, 0.29) is 0 Å². The average Bonchev–Trinajstić information content (AvgIpc) is 3.87. The summed E-state index contributed by atoms with van der Waals surface area (Å²) in [6.07, 6.45) is 0. The van der Waals surface area contributed by atoms with Crippen LogP contribution in [0, 0.1) is 0 Å². The largest absolute Gasteiger partial charge is 0.456 e. The molecule has 0 radical (unpaired) electrons. The zero-order valence-electron chi connectivity index (χ0n) is 27.2. The monoisotopic (exact) mass is 650 g/mol. The Hall–Kier alpha value is -6.84. The summed E-state index contributed by atoms with van der Waals surface area (Å²) >= 11 is 0. The molecule has 0 aliphatic rings. The molecule has 3 heterocycles. The maximum Gasteiger partial charge on any atom is 0.143 e. The van der Waals surface area contributed by atoms with Gasteiger partial charge < -0.3 is 13.3 Å². The van der Waals surface area contributed by atoms with Crippen molar-refractivity contribution in [2.45, 2.75) is 0 Å². The Morgan fingerprint density at radius 1 is 0.255 bits per heavy atom. The Bertz CT molecular complexity index is 3370. The maximum absolute atomic E-state index is 6.64. The molecule has 0 fully saturated rings. The number of fused-ring (bicyclic) bond motifs is 14. The molecule has 0 bridgehead atoms. The van der Waals surface area contributed by atoms with Crippen LogP contribution in [0.2, 0.25) is 0 Å². The first kappa shape index (κ1) is 27.0. The van der Waals surface area contributed by atoms with Crippen LogP contribution in [0.15, 0.2) is 171 Å². The van der Waals surface area contributed by atoms with Crippen molar-refractivity contribution in [3.63, 3.8) is 0 Å². The normalized spacial score (nSPS) is 12.3. The van der Waals surface area contributed by atoms with E-state index in [0.717, 1.165) is 82.2 Å². The fourth-order valence-electron chi connectivity index (χ4n) is 8.65. The second kappa shape index (κ2) is 9.87. The molecular formula is C48H26O3. The minimum absolute atomic E-state index is 0.870. The Balaban J connectivity index is 1.10. The van der Waals surface area contributed by atoms with E-state index >= 15 is 0 Å². The molecular weight excluding hydrogens is 625 g/mol. The van der Waals surface area contributed by atoms with Gasteiger partial charge in [-0.3, -0.25) is 0 Å². The van der Waals surface area contributed by atoms with Gasteiger partial charge in [-0.2, -0.15) is 0 Å². The first-order valence-electron chi connectivity index (χ1n) is 17.3. The van der Waals surface area contributed by atoms with Crippen molar-refractivity contribution in [1.82, 2.24) is 0 Å². The Morgan fingerprint density at radius 3 is 1.41 bits per heavy atom. The number of hydrogen-bond acceptors (Lipinski definition) is 3. The van der Waals surface area contributed by atoms with E-state index in [1.807, 2.05) is 24.3 Å². The van der Waals surface area contributed by atoms with Gasteiger partial charge in [0.1, 0.15) is 33.5 Å². The van der Waals surface area contributed by atoms with E-state index in [0.29, 0.717) is 0 Å². The van der Waals surface area contributed by atoms with E-state index < -0.39 is 0 Å². The zero-order chi connectivity index (χ0) is 33.2. The molecule has 9 aromatic carbocycles. The predicted octanol–water partition coefficient (Wildman–Crippen LogP) is 14.2. The third-order valence-corrected chi connectivity index (χ3v) is 10.9. The summed E-state index contributed by atoms with van der Waals surface area (Å²) in [6.45, 7) is 0. The van der Waals surface area contributed by atoms with Gasteiger partial charge in [-0.15, -0.1) is 0 Å². The SMILES string of the molecule is c1ccc2c(c1)oc1ccc(-c3c4ccccc4c(-c4ccc5c(c4)oc4ccc6c(ccc7c8ccccc8oc76)c45)c4ccccc34)cc12. The molecule has 0 saturated heterocycles. The van der Waals surface area contributed by atoms with Crippen LogP contribution in [0.5, 0.6) is 0 Å². The fourth-order valence-corrected chi connectivity index (χ4v) is 8.65. The van der Waals surface area contributed by atoms with Crippen molar-refractivity contribution in [3.05, 3.63) is 158 Å². The van der Waals surface area contributed by atoms with E-state index in [9.17, 15) is 0 Å². The van der Waals surface area contributed by atoms with Gasteiger partial charge in [0.2, 0.25) is 0 Å². The van der Waals surface area contributed by atoms with Gasteiger partial charge in [0.15, 0.2) is 0 Å². The second-order valence-corrected chi connectivity index (χ2v) is 13.5. The minimum atomic E-state index is 0.870. The molecule has 0 spiro atoms. The maximum atomic E-state index is 6.64. The molecule has 236 valence electrons. The molecule has 3 nitrogen and oxygen atoms in total. The highest BCUT2D eigenvalue weighted by molar-refractivity contribution is 6.26. The van der Waals surface area contributed by atoms with Crippen LogP contribution in [0.4, 0.5) is 0 Å². The average molecular weight is 651 g/mol. The van der Waals surface area contributed by atoms with Crippen LogP contribution in [0.25, 0.3) is 120 Å². The van der Waals surface area contributed by atoms with Gasteiger partial charge in [0.25, 0.3) is 0 Å². The molecule has 0 aliphatic carbocycles. The molecule has 3 heteroatoms. The molecule has 0 amide bonds. The highest BCUT2D eigenvalue weighted by Crippen LogP contribution is 2.46.